The molecule has 3 aliphatic carbocycles. The van der Waals surface area contributed by atoms with Gasteiger partial charge in [-0.2, -0.15) is 0 Å². The van der Waals surface area contributed by atoms with Crippen LogP contribution in [0.1, 0.15) is 93.7 Å². The van der Waals surface area contributed by atoms with Crippen molar-refractivity contribution in [1.82, 2.24) is 0 Å². The molecule has 0 N–H and O–H groups in total. The third-order valence-corrected chi connectivity index (χ3v) is 10.4. The summed E-state index contributed by atoms with van der Waals surface area (Å²) in [7, 11) is 2.84. The second-order valence-electron chi connectivity index (χ2n) is 13.4. The molecule has 0 aromatic heterocycles. The second-order valence-corrected chi connectivity index (χ2v) is 14.6. The molecule has 188 valence electrons. The van der Waals surface area contributed by atoms with Gasteiger partial charge in [0.05, 0.1) is 7.11 Å². The molecule has 1 nitrogen and oxygen atoms in total. The van der Waals surface area contributed by atoms with Crippen LogP contribution in [0.15, 0.2) is 65.3 Å². The zero-order chi connectivity index (χ0) is 25.5. The lowest BCUT2D eigenvalue weighted by atomic mass is 9.63. The van der Waals surface area contributed by atoms with E-state index in [4.69, 9.17) is 4.74 Å². The van der Waals surface area contributed by atoms with Gasteiger partial charge in [-0.05, 0) is 75.8 Å². The average molecular weight is 497 g/mol. The van der Waals surface area contributed by atoms with Gasteiger partial charge in [-0.25, -0.2) is 0 Å². The fourth-order valence-corrected chi connectivity index (χ4v) is 8.90. The van der Waals surface area contributed by atoms with Gasteiger partial charge >= 0.3 is 0 Å². The van der Waals surface area contributed by atoms with Crippen molar-refractivity contribution in [3.8, 4) is 5.75 Å². The molecule has 0 bridgehead atoms. The minimum absolute atomic E-state index is 0.00871. The minimum Gasteiger partial charge on any atom is -0.496 e. The third-order valence-electron chi connectivity index (χ3n) is 9.08. The van der Waals surface area contributed by atoms with Crippen molar-refractivity contribution < 1.29 is 4.74 Å². The summed E-state index contributed by atoms with van der Waals surface area (Å²) in [5.41, 5.74) is 14.1. The summed E-state index contributed by atoms with van der Waals surface area (Å²) in [4.78, 5) is 0. The van der Waals surface area contributed by atoms with Gasteiger partial charge in [0.1, 0.15) is 5.75 Å². The van der Waals surface area contributed by atoms with E-state index in [1.165, 1.54) is 34.6 Å². The first kappa shape index (κ1) is 24.2. The molecule has 6 rings (SSSR count). The van der Waals surface area contributed by atoms with Crippen molar-refractivity contribution in [1.29, 1.82) is 0 Å². The maximum Gasteiger partial charge on any atom is 0.126 e. The lowest BCUT2D eigenvalue weighted by Crippen LogP contribution is -2.34. The highest BCUT2D eigenvalue weighted by molar-refractivity contribution is 7.37. The van der Waals surface area contributed by atoms with Crippen molar-refractivity contribution >= 4 is 8.58 Å². The molecule has 0 fully saturated rings. The molecule has 1 aliphatic heterocycles. The van der Waals surface area contributed by atoms with Crippen LogP contribution in [0.2, 0.25) is 0 Å². The highest BCUT2D eigenvalue weighted by atomic mass is 31.1. The summed E-state index contributed by atoms with van der Waals surface area (Å²) in [5, 5.41) is 0. The summed E-state index contributed by atoms with van der Waals surface area (Å²) in [6, 6.07) is 12.2. The standard InChI is InChI=1S/C34H41OP/c1-32(2,3)27-17-25(18-28(31(27)35-7)33(4,5)6)26-16-22-11-9-13-24-20-36-19-23-12-8-10-21-14-15-34(26,29(21)23)30(22)24/h8-11,13-14,17-18,26,36H,12,15-16,19-20H2,1-7H3/t26?,34-/m0/s1. The zero-order valence-corrected chi connectivity index (χ0v) is 24.1. The molecule has 36 heavy (non-hydrogen) atoms. The fourth-order valence-electron chi connectivity index (χ4n) is 7.59. The van der Waals surface area contributed by atoms with Crippen molar-refractivity contribution in [3.63, 3.8) is 0 Å². The van der Waals surface area contributed by atoms with Gasteiger partial charge in [0.2, 0.25) is 0 Å². The summed E-state index contributed by atoms with van der Waals surface area (Å²) < 4.78 is 6.15. The molecular weight excluding hydrogens is 455 g/mol. The van der Waals surface area contributed by atoms with Gasteiger partial charge in [-0.3, -0.25) is 0 Å². The first-order chi connectivity index (χ1) is 17.1. The second kappa shape index (κ2) is 8.19. The van der Waals surface area contributed by atoms with E-state index in [1.54, 1.807) is 27.8 Å². The maximum atomic E-state index is 6.15. The van der Waals surface area contributed by atoms with Crippen molar-refractivity contribution in [2.45, 2.75) is 89.1 Å². The Morgan fingerprint density at radius 2 is 1.64 bits per heavy atom. The Morgan fingerprint density at radius 1 is 0.944 bits per heavy atom. The number of hydrogen-bond donors (Lipinski definition) is 0. The molecular formula is C34H41OP. The number of benzene rings is 2. The van der Waals surface area contributed by atoms with Crippen LogP contribution in [-0.2, 0) is 28.8 Å². The highest BCUT2D eigenvalue weighted by Crippen LogP contribution is 2.64. The molecule has 2 aromatic rings. The highest BCUT2D eigenvalue weighted by Gasteiger charge is 2.54. The number of hydrogen-bond acceptors (Lipinski definition) is 1. The van der Waals surface area contributed by atoms with Crippen LogP contribution in [0.3, 0.4) is 0 Å². The van der Waals surface area contributed by atoms with Crippen molar-refractivity contribution in [2.75, 3.05) is 13.3 Å². The molecule has 2 unspecified atom stereocenters. The Morgan fingerprint density at radius 3 is 2.31 bits per heavy atom. The molecule has 0 saturated carbocycles. The van der Waals surface area contributed by atoms with Crippen LogP contribution in [0.25, 0.3) is 0 Å². The molecule has 4 aliphatic rings. The Labute approximate surface area is 219 Å². The van der Waals surface area contributed by atoms with E-state index >= 15 is 0 Å². The van der Waals surface area contributed by atoms with E-state index in [2.05, 4.69) is 90.1 Å². The van der Waals surface area contributed by atoms with E-state index < -0.39 is 0 Å². The van der Waals surface area contributed by atoms with Crippen LogP contribution in [0.5, 0.6) is 5.75 Å². The van der Waals surface area contributed by atoms with Crippen LogP contribution >= 0.6 is 8.58 Å². The third kappa shape index (κ3) is 3.45. The van der Waals surface area contributed by atoms with Crippen LogP contribution in [0.4, 0.5) is 0 Å². The van der Waals surface area contributed by atoms with Crippen LogP contribution in [0, 0.1) is 0 Å². The molecule has 2 aromatic carbocycles. The van der Waals surface area contributed by atoms with E-state index in [-0.39, 0.29) is 16.2 Å². The minimum atomic E-state index is 0.00871. The molecule has 1 heterocycles. The Kier molecular flexibility index (Phi) is 5.52. The van der Waals surface area contributed by atoms with Gasteiger partial charge in [-0.15, -0.1) is 8.58 Å². The van der Waals surface area contributed by atoms with Gasteiger partial charge in [0.25, 0.3) is 0 Å². The summed E-state index contributed by atoms with van der Waals surface area (Å²) in [6.07, 6.45) is 13.3. The van der Waals surface area contributed by atoms with Gasteiger partial charge in [-0.1, -0.05) is 95.7 Å². The van der Waals surface area contributed by atoms with Crippen LogP contribution in [-0.4, -0.2) is 13.3 Å². The van der Waals surface area contributed by atoms with E-state index in [9.17, 15) is 0 Å². The average Bonchev–Trinajstić information content (AvgIpc) is 3.36. The quantitative estimate of drug-likeness (QED) is 0.378. The maximum absolute atomic E-state index is 6.15. The summed E-state index contributed by atoms with van der Waals surface area (Å²) in [6.45, 7) is 14.0. The largest absolute Gasteiger partial charge is 0.496 e. The summed E-state index contributed by atoms with van der Waals surface area (Å²) in [5.74, 6) is 1.53. The van der Waals surface area contributed by atoms with E-state index in [0.29, 0.717) is 5.92 Å². The zero-order valence-electron chi connectivity index (χ0n) is 23.1. The molecule has 0 amide bonds. The van der Waals surface area contributed by atoms with Crippen LogP contribution < -0.4 is 4.74 Å². The molecule has 0 radical (unpaired) electrons. The fraction of sp³-hybridized carbons (Fsp3) is 0.471. The number of methoxy groups -OCH3 is 1. The topological polar surface area (TPSA) is 9.23 Å². The molecule has 0 saturated heterocycles. The van der Waals surface area contributed by atoms with Gasteiger partial charge in [0, 0.05) is 22.5 Å². The summed E-state index contributed by atoms with van der Waals surface area (Å²) >= 11 is 0. The molecule has 3 atom stereocenters. The lowest BCUT2D eigenvalue weighted by Gasteiger charge is -2.41. The predicted octanol–water partition coefficient (Wildman–Crippen LogP) is 8.65. The molecule has 2 heteroatoms. The smallest absolute Gasteiger partial charge is 0.126 e. The lowest BCUT2D eigenvalue weighted by molar-refractivity contribution is 0.379. The monoisotopic (exact) mass is 496 g/mol. The number of ether oxygens (including phenoxy) is 1. The Balaban J connectivity index is 1.65. The first-order valence-corrected chi connectivity index (χ1v) is 15.1. The van der Waals surface area contributed by atoms with Gasteiger partial charge < -0.3 is 4.74 Å². The number of allylic oxidation sites excluding steroid dienone is 6. The Hall–Kier alpha value is -2.11. The SMILES string of the molecule is COc1c(C(C)(C)C)cc(C2Cc3cccc4c3[C@@]23CC=C2C=CCC(=C23)CPC4)cc1C(C)(C)C. The molecule has 1 spiro atoms. The Bertz CT molecular complexity index is 1310. The van der Waals surface area contributed by atoms with E-state index in [1.807, 2.05) is 7.11 Å². The normalized spacial score (nSPS) is 25.4. The first-order valence-electron chi connectivity index (χ1n) is 13.7. The van der Waals surface area contributed by atoms with Crippen molar-refractivity contribution in [3.05, 3.63) is 98.7 Å². The van der Waals surface area contributed by atoms with Crippen molar-refractivity contribution in [2.24, 2.45) is 0 Å². The van der Waals surface area contributed by atoms with Gasteiger partial charge in [0.15, 0.2) is 0 Å². The number of rotatable bonds is 2. The predicted molar refractivity (Wildman–Crippen MR) is 155 cm³/mol. The van der Waals surface area contributed by atoms with E-state index in [0.717, 1.165) is 33.6 Å².